The Morgan fingerprint density at radius 1 is 1.02 bits per heavy atom. The number of ether oxygens (including phenoxy) is 2. The normalized spacial score (nSPS) is 28.1. The summed E-state index contributed by atoms with van der Waals surface area (Å²) in [6.07, 6.45) is 13.4. The lowest BCUT2D eigenvalue weighted by atomic mass is 9.74. The van der Waals surface area contributed by atoms with Crippen LogP contribution in [0.1, 0.15) is 106 Å². The van der Waals surface area contributed by atoms with Crippen LogP contribution in [0.5, 0.6) is 0 Å². The maximum Gasteiger partial charge on any atom is 0.410 e. The van der Waals surface area contributed by atoms with Crippen molar-refractivity contribution in [1.82, 2.24) is 24.7 Å². The Kier molecular flexibility index (Phi) is 9.77. The third-order valence-corrected chi connectivity index (χ3v) is 11.2. The van der Waals surface area contributed by atoms with Gasteiger partial charge in [-0.1, -0.05) is 19.8 Å². The minimum absolute atomic E-state index is 0.0420. The Balaban J connectivity index is 1.18. The molecule has 0 radical (unpaired) electrons. The SMILES string of the molecule is CCCCC1CN(C[C@H]2CC[C@H](OC)CC2)C(=O)OC12CCN(C1(C)CCN(C(=O)c3c(C)ncnc3C)CC1)CC2. The predicted molar refractivity (Wildman–Crippen MR) is 162 cm³/mol. The average Bonchev–Trinajstić information content (AvgIpc) is 2.99. The van der Waals surface area contributed by atoms with Crippen LogP contribution in [-0.2, 0) is 9.47 Å². The summed E-state index contributed by atoms with van der Waals surface area (Å²) in [6, 6.07) is 0. The molecule has 1 atom stereocenters. The van der Waals surface area contributed by atoms with Crippen molar-refractivity contribution in [3.63, 3.8) is 0 Å². The number of amides is 2. The van der Waals surface area contributed by atoms with E-state index in [1.165, 1.54) is 12.7 Å². The number of carbonyl (C=O) groups is 2. The number of likely N-dealkylation sites (tertiary alicyclic amines) is 2. The zero-order chi connectivity index (χ0) is 29.9. The van der Waals surface area contributed by atoms with Crippen LogP contribution in [0.15, 0.2) is 6.33 Å². The van der Waals surface area contributed by atoms with E-state index in [-0.39, 0.29) is 23.1 Å². The number of piperidine rings is 2. The van der Waals surface area contributed by atoms with Crippen molar-refractivity contribution in [3.05, 3.63) is 23.3 Å². The van der Waals surface area contributed by atoms with E-state index in [2.05, 4.69) is 28.7 Å². The molecule has 1 saturated carbocycles. The molecule has 9 heteroatoms. The van der Waals surface area contributed by atoms with Crippen molar-refractivity contribution in [2.24, 2.45) is 11.8 Å². The summed E-state index contributed by atoms with van der Waals surface area (Å²) >= 11 is 0. The van der Waals surface area contributed by atoms with Crippen LogP contribution in [0.3, 0.4) is 0 Å². The largest absolute Gasteiger partial charge is 0.442 e. The molecule has 4 aliphatic rings. The van der Waals surface area contributed by atoms with Crippen molar-refractivity contribution in [1.29, 1.82) is 0 Å². The van der Waals surface area contributed by atoms with Crippen molar-refractivity contribution in [2.75, 3.05) is 46.4 Å². The van der Waals surface area contributed by atoms with Gasteiger partial charge in [0.2, 0.25) is 0 Å². The van der Waals surface area contributed by atoms with Gasteiger partial charge in [0.05, 0.1) is 23.1 Å². The summed E-state index contributed by atoms with van der Waals surface area (Å²) in [5.41, 5.74) is 1.84. The maximum absolute atomic E-state index is 13.4. The molecule has 9 nitrogen and oxygen atoms in total. The van der Waals surface area contributed by atoms with E-state index in [1.54, 1.807) is 0 Å². The number of aromatic nitrogens is 2. The lowest BCUT2D eigenvalue weighted by molar-refractivity contribution is -0.134. The Hall–Kier alpha value is -2.26. The van der Waals surface area contributed by atoms with Crippen LogP contribution < -0.4 is 0 Å². The first-order chi connectivity index (χ1) is 20.2. The number of rotatable bonds is 8. The second-order valence-electron chi connectivity index (χ2n) is 13.8. The highest BCUT2D eigenvalue weighted by molar-refractivity contribution is 5.96. The summed E-state index contributed by atoms with van der Waals surface area (Å²) in [4.78, 5) is 41.9. The smallest absolute Gasteiger partial charge is 0.410 e. The average molecular weight is 584 g/mol. The van der Waals surface area contributed by atoms with E-state index in [1.807, 2.05) is 30.8 Å². The number of methoxy groups -OCH3 is 1. The summed E-state index contributed by atoms with van der Waals surface area (Å²) in [6.45, 7) is 13.4. The molecule has 3 aliphatic heterocycles. The third-order valence-electron chi connectivity index (χ3n) is 11.2. The Bertz CT molecular complexity index is 1070. The highest BCUT2D eigenvalue weighted by Crippen LogP contribution is 2.44. The Labute approximate surface area is 252 Å². The number of carbonyl (C=O) groups excluding carboxylic acids is 2. The van der Waals surface area contributed by atoms with Gasteiger partial charge in [-0.15, -0.1) is 0 Å². The first-order valence-electron chi connectivity index (χ1n) is 16.5. The van der Waals surface area contributed by atoms with Crippen LogP contribution in [0.25, 0.3) is 0 Å². The van der Waals surface area contributed by atoms with Gasteiger partial charge >= 0.3 is 6.09 Å². The minimum Gasteiger partial charge on any atom is -0.442 e. The topological polar surface area (TPSA) is 88.1 Å². The highest BCUT2D eigenvalue weighted by atomic mass is 16.6. The molecule has 1 unspecified atom stereocenters. The molecule has 42 heavy (non-hydrogen) atoms. The molecule has 0 bridgehead atoms. The fourth-order valence-electron chi connectivity index (χ4n) is 8.15. The first-order valence-corrected chi connectivity index (χ1v) is 16.5. The van der Waals surface area contributed by atoms with Crippen LogP contribution in [0.2, 0.25) is 0 Å². The summed E-state index contributed by atoms with van der Waals surface area (Å²) in [5, 5.41) is 0. The minimum atomic E-state index is -0.345. The predicted octanol–water partition coefficient (Wildman–Crippen LogP) is 5.39. The van der Waals surface area contributed by atoms with E-state index in [4.69, 9.17) is 9.47 Å². The van der Waals surface area contributed by atoms with Gasteiger partial charge in [0.1, 0.15) is 11.9 Å². The molecule has 4 heterocycles. The molecular weight excluding hydrogens is 530 g/mol. The molecule has 2 amide bonds. The van der Waals surface area contributed by atoms with Gasteiger partial charge < -0.3 is 19.3 Å². The fourth-order valence-corrected chi connectivity index (χ4v) is 8.15. The molecular formula is C33H53N5O4. The van der Waals surface area contributed by atoms with E-state index < -0.39 is 0 Å². The van der Waals surface area contributed by atoms with Gasteiger partial charge in [0.25, 0.3) is 5.91 Å². The molecule has 5 rings (SSSR count). The van der Waals surface area contributed by atoms with Crippen molar-refractivity contribution >= 4 is 12.0 Å². The standard InChI is InChI=1S/C33H53N5O4/c1-6-7-8-27-22-37(21-26-9-11-28(41-5)12-10-26)31(40)42-33(27)15-19-38(20-16-33)32(4)13-17-36(18-14-32)30(39)29-24(2)34-23-35-25(29)3/h23,26-28H,6-22H2,1-5H3/t26-,27?,28-. The molecule has 1 aliphatic carbocycles. The second-order valence-corrected chi connectivity index (χ2v) is 13.8. The third kappa shape index (κ3) is 6.47. The molecule has 1 aromatic heterocycles. The van der Waals surface area contributed by atoms with E-state index >= 15 is 0 Å². The number of aryl methyl sites for hydroxylation is 2. The highest BCUT2D eigenvalue weighted by Gasteiger charge is 2.51. The fraction of sp³-hybridized carbons (Fsp3) is 0.818. The number of hydrogen-bond acceptors (Lipinski definition) is 7. The molecule has 1 aromatic rings. The van der Waals surface area contributed by atoms with Crippen LogP contribution in [-0.4, -0.2) is 100 Å². The quantitative estimate of drug-likeness (QED) is 0.406. The second kappa shape index (κ2) is 13.2. The van der Waals surface area contributed by atoms with E-state index in [0.717, 1.165) is 115 Å². The van der Waals surface area contributed by atoms with Crippen molar-refractivity contribution in [3.8, 4) is 0 Å². The Morgan fingerprint density at radius 3 is 2.26 bits per heavy atom. The lowest BCUT2D eigenvalue weighted by Crippen LogP contribution is -2.64. The summed E-state index contributed by atoms with van der Waals surface area (Å²) in [7, 11) is 1.81. The van der Waals surface area contributed by atoms with Crippen molar-refractivity contribution in [2.45, 2.75) is 116 Å². The molecule has 3 saturated heterocycles. The maximum atomic E-state index is 13.4. The Morgan fingerprint density at radius 2 is 1.67 bits per heavy atom. The van der Waals surface area contributed by atoms with Crippen LogP contribution in [0, 0.1) is 25.7 Å². The van der Waals surface area contributed by atoms with Crippen molar-refractivity contribution < 1.29 is 19.1 Å². The van der Waals surface area contributed by atoms with Gasteiger partial charge in [0, 0.05) is 70.7 Å². The number of hydrogen-bond donors (Lipinski definition) is 0. The van der Waals surface area contributed by atoms with Gasteiger partial charge in [-0.25, -0.2) is 14.8 Å². The molecule has 0 N–H and O–H groups in total. The molecule has 1 spiro atoms. The van der Waals surface area contributed by atoms with Crippen LogP contribution >= 0.6 is 0 Å². The van der Waals surface area contributed by atoms with Gasteiger partial charge in [0.15, 0.2) is 0 Å². The molecule has 4 fully saturated rings. The van der Waals surface area contributed by atoms with Crippen LogP contribution in [0.4, 0.5) is 4.79 Å². The van der Waals surface area contributed by atoms with Gasteiger partial charge in [-0.05, 0) is 71.6 Å². The van der Waals surface area contributed by atoms with E-state index in [9.17, 15) is 9.59 Å². The van der Waals surface area contributed by atoms with Gasteiger partial charge in [-0.2, -0.15) is 0 Å². The zero-order valence-electron chi connectivity index (χ0n) is 26.7. The molecule has 234 valence electrons. The first kappa shape index (κ1) is 31.2. The van der Waals surface area contributed by atoms with E-state index in [0.29, 0.717) is 23.5 Å². The monoisotopic (exact) mass is 583 g/mol. The summed E-state index contributed by atoms with van der Waals surface area (Å²) < 4.78 is 12.0. The summed E-state index contributed by atoms with van der Waals surface area (Å²) in [5.74, 6) is 0.987. The number of nitrogens with zero attached hydrogens (tertiary/aromatic N) is 5. The zero-order valence-corrected chi connectivity index (χ0v) is 26.7. The van der Waals surface area contributed by atoms with Gasteiger partial charge in [-0.3, -0.25) is 9.69 Å². The lowest BCUT2D eigenvalue weighted by Gasteiger charge is -2.55. The molecule has 0 aromatic carbocycles. The number of unbranched alkanes of at least 4 members (excludes halogenated alkanes) is 1.